The Morgan fingerprint density at radius 3 is 2.14 bits per heavy atom. The molecule has 2 atom stereocenters. The summed E-state index contributed by atoms with van der Waals surface area (Å²) in [7, 11) is 5.56. The number of hydrogen-bond acceptors (Lipinski definition) is 2. The average molecular weight is 235 g/mol. The highest BCUT2D eigenvalue weighted by molar-refractivity contribution is 7.17. The van der Waals surface area contributed by atoms with Gasteiger partial charge in [-0.1, -0.05) is 0 Å². The maximum Gasteiger partial charge on any atom is 0.0540 e. The van der Waals surface area contributed by atoms with E-state index in [-0.39, 0.29) is 6.10 Å². The molecule has 1 aliphatic carbocycles. The lowest BCUT2D eigenvalue weighted by atomic mass is 9.85. The predicted octanol–water partition coefficient (Wildman–Crippen LogP) is 1.89. The number of aliphatic hydroxyl groups is 1. The first-order chi connectivity index (χ1) is 6.76. The number of nitrogens with zero attached hydrogens (tertiary/aromatic N) is 1. The molecule has 2 unspecified atom stereocenters. The topological polar surface area (TPSA) is 23.5 Å². The van der Waals surface area contributed by atoms with Crippen LogP contribution in [0, 0.1) is 5.92 Å². The minimum Gasteiger partial charge on any atom is -0.393 e. The molecule has 14 heavy (non-hydrogen) atoms. The minimum atomic E-state index is -0.00851. The molecule has 84 valence electrons. The largest absolute Gasteiger partial charge is 0.393 e. The number of rotatable bonds is 5. The molecule has 1 saturated carbocycles. The van der Waals surface area contributed by atoms with E-state index >= 15 is 0 Å². The Balaban J connectivity index is 2.12. The van der Waals surface area contributed by atoms with Crippen LogP contribution in [0.3, 0.4) is 0 Å². The third-order valence-electron chi connectivity index (χ3n) is 3.19. The van der Waals surface area contributed by atoms with Crippen LogP contribution >= 0.6 is 18.5 Å². The van der Waals surface area contributed by atoms with E-state index in [1.54, 1.807) is 0 Å². The zero-order chi connectivity index (χ0) is 10.4. The Bertz CT molecular complexity index is 145. The summed E-state index contributed by atoms with van der Waals surface area (Å²) < 4.78 is 0. The van der Waals surface area contributed by atoms with Crippen molar-refractivity contribution in [2.75, 3.05) is 19.1 Å². The maximum absolute atomic E-state index is 9.38. The average Bonchev–Trinajstić information content (AvgIpc) is 2.22. The van der Waals surface area contributed by atoms with Crippen LogP contribution in [-0.2, 0) is 0 Å². The standard InChI is InChI=1S/C10H23NOP2/c12-10-3-1-9(2-4-10)5-6-11(7-13)8-14/h9-10,12H,1-8,13-14H2. The molecular formula is C10H23NOP2. The summed E-state index contributed by atoms with van der Waals surface area (Å²) in [5.74, 6) is 0.856. The van der Waals surface area contributed by atoms with Gasteiger partial charge in [-0.2, -0.15) is 0 Å². The van der Waals surface area contributed by atoms with Gasteiger partial charge in [0.05, 0.1) is 6.10 Å². The first-order valence-corrected chi connectivity index (χ1v) is 7.20. The molecule has 0 heterocycles. The second-order valence-electron chi connectivity index (χ2n) is 4.22. The van der Waals surface area contributed by atoms with E-state index in [1.807, 2.05) is 0 Å². The van der Waals surface area contributed by atoms with Crippen LogP contribution in [0.25, 0.3) is 0 Å². The molecule has 0 amide bonds. The fraction of sp³-hybridized carbons (Fsp3) is 1.00. The van der Waals surface area contributed by atoms with Crippen molar-refractivity contribution < 1.29 is 5.11 Å². The molecule has 1 fully saturated rings. The Morgan fingerprint density at radius 2 is 1.64 bits per heavy atom. The SMILES string of the molecule is OC1CCC(CCN(CP)CP)CC1. The summed E-state index contributed by atoms with van der Waals surface area (Å²) in [6, 6.07) is 0. The van der Waals surface area contributed by atoms with Gasteiger partial charge in [-0.05, 0) is 44.6 Å². The van der Waals surface area contributed by atoms with Gasteiger partial charge in [-0.3, -0.25) is 4.90 Å². The summed E-state index contributed by atoms with van der Waals surface area (Å²) in [6.45, 7) is 1.20. The molecule has 0 aromatic heterocycles. The summed E-state index contributed by atoms with van der Waals surface area (Å²) >= 11 is 0. The van der Waals surface area contributed by atoms with Crippen molar-refractivity contribution in [2.24, 2.45) is 5.92 Å². The van der Waals surface area contributed by atoms with Gasteiger partial charge in [0.15, 0.2) is 0 Å². The summed E-state index contributed by atoms with van der Waals surface area (Å²) in [4.78, 5) is 2.42. The molecule has 0 radical (unpaired) electrons. The first-order valence-electron chi connectivity index (χ1n) is 5.56. The zero-order valence-corrected chi connectivity index (χ0v) is 11.2. The molecule has 1 aliphatic rings. The van der Waals surface area contributed by atoms with Gasteiger partial charge < -0.3 is 5.11 Å². The highest BCUT2D eigenvalue weighted by Gasteiger charge is 2.19. The van der Waals surface area contributed by atoms with Crippen molar-refractivity contribution in [1.29, 1.82) is 0 Å². The monoisotopic (exact) mass is 235 g/mol. The van der Waals surface area contributed by atoms with Gasteiger partial charge in [0.25, 0.3) is 0 Å². The highest BCUT2D eigenvalue weighted by Crippen LogP contribution is 2.26. The summed E-state index contributed by atoms with van der Waals surface area (Å²) in [5, 5.41) is 9.38. The van der Waals surface area contributed by atoms with Gasteiger partial charge in [0.2, 0.25) is 0 Å². The third kappa shape index (κ3) is 4.53. The van der Waals surface area contributed by atoms with E-state index in [4.69, 9.17) is 0 Å². The molecular weight excluding hydrogens is 212 g/mol. The molecule has 1 rings (SSSR count). The normalized spacial score (nSPS) is 28.3. The lowest BCUT2D eigenvalue weighted by Gasteiger charge is -2.27. The number of aliphatic hydroxyl groups excluding tert-OH is 1. The maximum atomic E-state index is 9.38. The van der Waals surface area contributed by atoms with Gasteiger partial charge in [-0.25, -0.2) is 0 Å². The minimum absolute atomic E-state index is 0.00851. The summed E-state index contributed by atoms with van der Waals surface area (Å²) in [6.07, 6.45) is 7.92. The fourth-order valence-corrected chi connectivity index (χ4v) is 3.02. The van der Waals surface area contributed by atoms with Crippen molar-refractivity contribution in [3.63, 3.8) is 0 Å². The second-order valence-corrected chi connectivity index (χ2v) is 4.95. The molecule has 2 nitrogen and oxygen atoms in total. The van der Waals surface area contributed by atoms with Gasteiger partial charge >= 0.3 is 0 Å². The van der Waals surface area contributed by atoms with Gasteiger partial charge in [0.1, 0.15) is 0 Å². The van der Waals surface area contributed by atoms with E-state index in [9.17, 15) is 5.11 Å². The molecule has 0 spiro atoms. The quantitative estimate of drug-likeness (QED) is 0.736. The van der Waals surface area contributed by atoms with Crippen LogP contribution in [0.15, 0.2) is 0 Å². The molecule has 4 heteroatoms. The smallest absolute Gasteiger partial charge is 0.0540 e. The van der Waals surface area contributed by atoms with Crippen LogP contribution < -0.4 is 0 Å². The Kier molecular flexibility index (Phi) is 6.53. The van der Waals surface area contributed by atoms with Crippen LogP contribution in [0.4, 0.5) is 0 Å². The van der Waals surface area contributed by atoms with Crippen molar-refractivity contribution >= 4 is 18.5 Å². The van der Waals surface area contributed by atoms with Crippen molar-refractivity contribution in [2.45, 2.75) is 38.2 Å². The van der Waals surface area contributed by atoms with E-state index in [2.05, 4.69) is 23.4 Å². The van der Waals surface area contributed by atoms with Crippen molar-refractivity contribution in [1.82, 2.24) is 4.90 Å². The predicted molar refractivity (Wildman–Crippen MR) is 68.4 cm³/mol. The molecule has 0 aliphatic heterocycles. The Labute approximate surface area is 92.2 Å². The lowest BCUT2D eigenvalue weighted by molar-refractivity contribution is 0.104. The molecule has 0 bridgehead atoms. The molecule has 0 saturated heterocycles. The van der Waals surface area contributed by atoms with Crippen molar-refractivity contribution in [3.05, 3.63) is 0 Å². The van der Waals surface area contributed by atoms with Crippen LogP contribution in [0.5, 0.6) is 0 Å². The zero-order valence-electron chi connectivity index (χ0n) is 8.86. The Hall–Kier alpha value is 0.780. The van der Waals surface area contributed by atoms with Crippen LogP contribution in [0.1, 0.15) is 32.1 Å². The fourth-order valence-electron chi connectivity index (χ4n) is 2.06. The van der Waals surface area contributed by atoms with Gasteiger partial charge in [0, 0.05) is 12.6 Å². The summed E-state index contributed by atoms with van der Waals surface area (Å²) in [5.41, 5.74) is 0. The van der Waals surface area contributed by atoms with E-state index in [1.165, 1.54) is 25.8 Å². The van der Waals surface area contributed by atoms with E-state index < -0.39 is 0 Å². The Morgan fingerprint density at radius 1 is 1.07 bits per heavy atom. The van der Waals surface area contributed by atoms with Crippen molar-refractivity contribution in [3.8, 4) is 0 Å². The molecule has 1 N–H and O–H groups in total. The highest BCUT2D eigenvalue weighted by atomic mass is 31.0. The van der Waals surface area contributed by atoms with E-state index in [0.29, 0.717) is 0 Å². The van der Waals surface area contributed by atoms with Crippen LogP contribution in [-0.4, -0.2) is 35.2 Å². The second kappa shape index (κ2) is 7.12. The third-order valence-corrected chi connectivity index (χ3v) is 4.22. The molecule has 0 aromatic rings. The van der Waals surface area contributed by atoms with Gasteiger partial charge in [-0.15, -0.1) is 18.5 Å². The van der Waals surface area contributed by atoms with Crippen LogP contribution in [0.2, 0.25) is 0 Å². The first kappa shape index (κ1) is 12.8. The number of hydrogen-bond donors (Lipinski definition) is 1. The lowest BCUT2D eigenvalue weighted by Crippen LogP contribution is -2.25. The van der Waals surface area contributed by atoms with E-state index in [0.717, 1.165) is 31.3 Å². The molecule has 0 aromatic carbocycles.